The quantitative estimate of drug-likeness (QED) is 0.807. The average molecular weight is 305 g/mol. The van der Waals surface area contributed by atoms with Crippen molar-refractivity contribution in [3.63, 3.8) is 0 Å². The second-order valence-electron chi connectivity index (χ2n) is 4.35. The predicted molar refractivity (Wildman–Crippen MR) is 75.3 cm³/mol. The first kappa shape index (κ1) is 15.3. The third-order valence-electron chi connectivity index (χ3n) is 2.74. The lowest BCUT2D eigenvalue weighted by molar-refractivity contribution is 0.0691. The molecule has 22 heavy (non-hydrogen) atoms. The SMILES string of the molecule is O=C(Nc1cc(O)cc(C(=O)O)c1F)OCc1ccccc1. The molecule has 6 nitrogen and oxygen atoms in total. The van der Waals surface area contributed by atoms with Crippen molar-refractivity contribution < 1.29 is 28.9 Å². The van der Waals surface area contributed by atoms with E-state index in [1.807, 2.05) is 0 Å². The molecule has 0 saturated heterocycles. The van der Waals surface area contributed by atoms with Gasteiger partial charge in [-0.15, -0.1) is 0 Å². The number of ether oxygens (including phenoxy) is 1. The summed E-state index contributed by atoms with van der Waals surface area (Å²) in [6, 6.07) is 10.5. The highest BCUT2D eigenvalue weighted by atomic mass is 19.1. The monoisotopic (exact) mass is 305 g/mol. The molecule has 0 unspecified atom stereocenters. The van der Waals surface area contributed by atoms with E-state index in [0.29, 0.717) is 0 Å². The molecule has 0 fully saturated rings. The minimum Gasteiger partial charge on any atom is -0.508 e. The number of aromatic hydroxyl groups is 1. The predicted octanol–water partition coefficient (Wildman–Crippen LogP) is 2.98. The minimum atomic E-state index is -1.56. The number of halogens is 1. The van der Waals surface area contributed by atoms with Gasteiger partial charge in [-0.3, -0.25) is 5.32 Å². The average Bonchev–Trinajstić information content (AvgIpc) is 2.49. The minimum absolute atomic E-state index is 0.0289. The number of phenols is 1. The van der Waals surface area contributed by atoms with Crippen molar-refractivity contribution in [2.75, 3.05) is 5.32 Å². The smallest absolute Gasteiger partial charge is 0.412 e. The van der Waals surface area contributed by atoms with Gasteiger partial charge in [0.25, 0.3) is 0 Å². The van der Waals surface area contributed by atoms with Gasteiger partial charge < -0.3 is 14.9 Å². The van der Waals surface area contributed by atoms with Crippen LogP contribution in [0, 0.1) is 5.82 Å². The molecule has 3 N–H and O–H groups in total. The van der Waals surface area contributed by atoms with E-state index in [9.17, 15) is 19.1 Å². The van der Waals surface area contributed by atoms with Crippen LogP contribution in [0.3, 0.4) is 0 Å². The lowest BCUT2D eigenvalue weighted by Gasteiger charge is -2.09. The molecule has 0 heterocycles. The molecule has 0 aromatic heterocycles. The molecule has 2 aromatic carbocycles. The number of phenolic OH excluding ortho intramolecular Hbond substituents is 1. The maximum Gasteiger partial charge on any atom is 0.412 e. The van der Waals surface area contributed by atoms with Crippen LogP contribution in [0.15, 0.2) is 42.5 Å². The summed E-state index contributed by atoms with van der Waals surface area (Å²) in [6.07, 6.45) is -0.968. The molecule has 2 aromatic rings. The van der Waals surface area contributed by atoms with Crippen LogP contribution in [0.4, 0.5) is 14.9 Å². The van der Waals surface area contributed by atoms with Crippen LogP contribution in [0.5, 0.6) is 5.75 Å². The van der Waals surface area contributed by atoms with Crippen molar-refractivity contribution in [1.82, 2.24) is 0 Å². The van der Waals surface area contributed by atoms with Gasteiger partial charge in [0.1, 0.15) is 17.9 Å². The van der Waals surface area contributed by atoms with E-state index in [1.54, 1.807) is 30.3 Å². The van der Waals surface area contributed by atoms with Gasteiger partial charge in [0.2, 0.25) is 0 Å². The third kappa shape index (κ3) is 3.72. The van der Waals surface area contributed by atoms with Gasteiger partial charge in [0, 0.05) is 6.07 Å². The maximum absolute atomic E-state index is 13.9. The summed E-state index contributed by atoms with van der Waals surface area (Å²) in [5, 5.41) is 20.2. The Morgan fingerprint density at radius 2 is 1.86 bits per heavy atom. The normalized spacial score (nSPS) is 10.0. The van der Waals surface area contributed by atoms with Gasteiger partial charge in [0.05, 0.1) is 5.69 Å². The van der Waals surface area contributed by atoms with E-state index in [4.69, 9.17) is 9.84 Å². The first-order valence-electron chi connectivity index (χ1n) is 6.21. The van der Waals surface area contributed by atoms with Gasteiger partial charge in [-0.05, 0) is 11.6 Å². The summed E-state index contributed by atoms with van der Waals surface area (Å²) >= 11 is 0. The fourth-order valence-electron chi connectivity index (χ4n) is 1.72. The summed E-state index contributed by atoms with van der Waals surface area (Å²) in [7, 11) is 0. The summed E-state index contributed by atoms with van der Waals surface area (Å²) in [4.78, 5) is 22.4. The van der Waals surface area contributed by atoms with Crippen LogP contribution in [0.25, 0.3) is 0 Å². The largest absolute Gasteiger partial charge is 0.508 e. The lowest BCUT2D eigenvalue weighted by Crippen LogP contribution is -2.15. The van der Waals surface area contributed by atoms with Gasteiger partial charge in [-0.1, -0.05) is 30.3 Å². The van der Waals surface area contributed by atoms with Crippen molar-refractivity contribution in [3.05, 3.63) is 59.4 Å². The molecule has 1 amide bonds. The molecule has 0 aliphatic heterocycles. The number of anilines is 1. The topological polar surface area (TPSA) is 95.9 Å². The molecule has 114 valence electrons. The van der Waals surface area contributed by atoms with E-state index in [2.05, 4.69) is 5.32 Å². The zero-order valence-electron chi connectivity index (χ0n) is 11.2. The summed E-state index contributed by atoms with van der Waals surface area (Å²) in [5.74, 6) is -3.21. The number of amides is 1. The summed E-state index contributed by atoms with van der Waals surface area (Å²) in [5.41, 5.74) is -0.492. The first-order valence-corrected chi connectivity index (χ1v) is 6.21. The number of rotatable bonds is 4. The molecule has 7 heteroatoms. The Hall–Kier alpha value is -3.09. The number of carbonyl (C=O) groups is 2. The molecule has 0 saturated carbocycles. The Bertz CT molecular complexity index is 703. The van der Waals surface area contributed by atoms with Crippen molar-refractivity contribution in [1.29, 1.82) is 0 Å². The highest BCUT2D eigenvalue weighted by Crippen LogP contribution is 2.25. The number of benzene rings is 2. The van der Waals surface area contributed by atoms with Crippen LogP contribution < -0.4 is 5.32 Å². The van der Waals surface area contributed by atoms with Crippen LogP contribution in [-0.4, -0.2) is 22.3 Å². The van der Waals surface area contributed by atoms with Crippen molar-refractivity contribution in [2.24, 2.45) is 0 Å². The van der Waals surface area contributed by atoms with Gasteiger partial charge in [0.15, 0.2) is 5.82 Å². The second kappa shape index (κ2) is 6.57. The number of hydrogen-bond donors (Lipinski definition) is 3. The van der Waals surface area contributed by atoms with E-state index in [1.165, 1.54) is 0 Å². The van der Waals surface area contributed by atoms with E-state index < -0.39 is 34.9 Å². The van der Waals surface area contributed by atoms with Crippen LogP contribution in [0.2, 0.25) is 0 Å². The van der Waals surface area contributed by atoms with Crippen molar-refractivity contribution in [3.8, 4) is 5.75 Å². The molecule has 0 aliphatic rings. The van der Waals surface area contributed by atoms with Crippen LogP contribution in [0.1, 0.15) is 15.9 Å². The summed E-state index contributed by atoms with van der Waals surface area (Å²) in [6.45, 7) is -0.0289. The van der Waals surface area contributed by atoms with Crippen LogP contribution >= 0.6 is 0 Å². The number of hydrogen-bond acceptors (Lipinski definition) is 4. The number of carboxylic acid groups (broad SMARTS) is 1. The van der Waals surface area contributed by atoms with Crippen LogP contribution in [-0.2, 0) is 11.3 Å². The van der Waals surface area contributed by atoms with Gasteiger partial charge in [-0.25, -0.2) is 14.0 Å². The standard InChI is InChI=1S/C15H12FNO5/c16-13-11(14(19)20)6-10(18)7-12(13)17-15(21)22-8-9-4-2-1-3-5-9/h1-7,18H,8H2,(H,17,21)(H,19,20). The first-order chi connectivity index (χ1) is 10.5. The maximum atomic E-state index is 13.9. The Balaban J connectivity index is 2.07. The number of carbonyl (C=O) groups excluding carboxylic acids is 1. The molecule has 0 radical (unpaired) electrons. The Morgan fingerprint density at radius 3 is 2.50 bits per heavy atom. The third-order valence-corrected chi connectivity index (χ3v) is 2.74. The Labute approximate surface area is 124 Å². The van der Waals surface area contributed by atoms with Gasteiger partial charge >= 0.3 is 12.1 Å². The zero-order chi connectivity index (χ0) is 16.1. The summed E-state index contributed by atoms with van der Waals surface area (Å²) < 4.78 is 18.7. The highest BCUT2D eigenvalue weighted by molar-refractivity contribution is 5.92. The highest BCUT2D eigenvalue weighted by Gasteiger charge is 2.18. The molecule has 0 bridgehead atoms. The number of aromatic carboxylic acids is 1. The van der Waals surface area contributed by atoms with E-state index >= 15 is 0 Å². The van der Waals surface area contributed by atoms with Crippen molar-refractivity contribution >= 4 is 17.7 Å². The fraction of sp³-hybridized carbons (Fsp3) is 0.0667. The molecule has 0 spiro atoms. The molecule has 2 rings (SSSR count). The number of nitrogens with one attached hydrogen (secondary N) is 1. The molecule has 0 atom stereocenters. The Morgan fingerprint density at radius 1 is 1.18 bits per heavy atom. The second-order valence-corrected chi connectivity index (χ2v) is 4.35. The number of carboxylic acids is 1. The Kier molecular flexibility index (Phi) is 4.57. The van der Waals surface area contributed by atoms with Gasteiger partial charge in [-0.2, -0.15) is 0 Å². The van der Waals surface area contributed by atoms with E-state index in [0.717, 1.165) is 17.7 Å². The fourth-order valence-corrected chi connectivity index (χ4v) is 1.72. The zero-order valence-corrected chi connectivity index (χ0v) is 11.2. The lowest BCUT2D eigenvalue weighted by atomic mass is 10.1. The molecule has 0 aliphatic carbocycles. The molecular weight excluding hydrogens is 293 g/mol. The van der Waals surface area contributed by atoms with Crippen molar-refractivity contribution in [2.45, 2.75) is 6.61 Å². The van der Waals surface area contributed by atoms with E-state index in [-0.39, 0.29) is 6.61 Å². The molecular formula is C15H12FNO5.